The molecule has 0 saturated heterocycles. The summed E-state index contributed by atoms with van der Waals surface area (Å²) in [6.45, 7) is 6.76. The van der Waals surface area contributed by atoms with Gasteiger partial charge in [-0.05, 0) is 56.2 Å². The highest BCUT2D eigenvalue weighted by Crippen LogP contribution is 2.44. The minimum Gasteiger partial charge on any atom is -0.462 e. The van der Waals surface area contributed by atoms with Crippen molar-refractivity contribution in [2.24, 2.45) is 0 Å². The van der Waals surface area contributed by atoms with Crippen molar-refractivity contribution in [1.82, 2.24) is 0 Å². The van der Waals surface area contributed by atoms with Crippen LogP contribution in [0.2, 0.25) is 0 Å². The number of esters is 1. The van der Waals surface area contributed by atoms with Gasteiger partial charge in [-0.1, -0.05) is 42.5 Å². The molecule has 7 heteroatoms. The first-order valence-corrected chi connectivity index (χ1v) is 12.2. The molecule has 0 amide bonds. The molecule has 2 atom stereocenters. The van der Waals surface area contributed by atoms with E-state index < -0.39 is 24.2 Å². The zero-order valence-electron chi connectivity index (χ0n) is 20.6. The number of ketones is 1. The number of halogens is 1. The molecular weight excluding hydrogens is 461 g/mol. The molecule has 0 fully saturated rings. The molecule has 1 aliphatic rings. The number of carbonyl (C=O) groups is 2. The Morgan fingerprint density at radius 2 is 1.53 bits per heavy atom. The number of benzene rings is 3. The fraction of sp³-hybridized carbons (Fsp3) is 0.310. The number of rotatable bonds is 9. The molecule has 0 radical (unpaired) electrons. The summed E-state index contributed by atoms with van der Waals surface area (Å²) < 4.78 is 30.3. The molecule has 6 nitrogen and oxygen atoms in total. The van der Waals surface area contributed by atoms with Gasteiger partial charge >= 0.3 is 5.97 Å². The lowest BCUT2D eigenvalue weighted by atomic mass is 9.77. The third-order valence-corrected chi connectivity index (χ3v) is 6.17. The summed E-state index contributed by atoms with van der Waals surface area (Å²) in [6, 6.07) is 18.2. The van der Waals surface area contributed by atoms with E-state index in [0.717, 1.165) is 11.1 Å². The smallest absolute Gasteiger partial charge is 0.338 e. The van der Waals surface area contributed by atoms with Crippen LogP contribution in [0.25, 0.3) is 0 Å². The van der Waals surface area contributed by atoms with Gasteiger partial charge in [0.25, 0.3) is 0 Å². The van der Waals surface area contributed by atoms with E-state index in [-0.39, 0.29) is 29.3 Å². The first-order valence-electron chi connectivity index (χ1n) is 12.2. The molecule has 3 aromatic carbocycles. The molecule has 0 aromatic heterocycles. The van der Waals surface area contributed by atoms with Crippen LogP contribution < -0.4 is 5.32 Å². The van der Waals surface area contributed by atoms with Gasteiger partial charge in [-0.3, -0.25) is 4.79 Å². The van der Waals surface area contributed by atoms with E-state index >= 15 is 0 Å². The van der Waals surface area contributed by atoms with E-state index in [1.54, 1.807) is 37.3 Å². The van der Waals surface area contributed by atoms with E-state index in [9.17, 15) is 14.0 Å². The number of Topliss-reactive ketones (excluding diaryl/α,β-unsaturated/α-hetero) is 1. The third-order valence-electron chi connectivity index (χ3n) is 6.17. The quantitative estimate of drug-likeness (QED) is 0.284. The van der Waals surface area contributed by atoms with Gasteiger partial charge in [0.05, 0.1) is 29.7 Å². The van der Waals surface area contributed by atoms with Gasteiger partial charge in [-0.2, -0.15) is 0 Å². The fourth-order valence-electron chi connectivity index (χ4n) is 4.57. The monoisotopic (exact) mass is 491 g/mol. The largest absolute Gasteiger partial charge is 0.462 e. The van der Waals surface area contributed by atoms with E-state index in [0.29, 0.717) is 24.5 Å². The summed E-state index contributed by atoms with van der Waals surface area (Å²) in [6.07, 6.45) is -0.476. The predicted octanol–water partition coefficient (Wildman–Crippen LogP) is 6.21. The molecule has 1 heterocycles. The maximum absolute atomic E-state index is 14.0. The number of hydrogen-bond donors (Lipinski definition) is 1. The van der Waals surface area contributed by atoms with Crippen molar-refractivity contribution in [2.75, 3.05) is 25.1 Å². The number of nitrogens with one attached hydrogen (secondary N) is 1. The first-order chi connectivity index (χ1) is 17.5. The van der Waals surface area contributed by atoms with Crippen LogP contribution in [0.15, 0.2) is 66.7 Å². The second-order valence-corrected chi connectivity index (χ2v) is 8.37. The minimum absolute atomic E-state index is 0.199. The molecule has 0 spiro atoms. The van der Waals surface area contributed by atoms with Crippen LogP contribution in [-0.4, -0.2) is 31.6 Å². The van der Waals surface area contributed by atoms with E-state index in [2.05, 4.69) is 5.32 Å². The van der Waals surface area contributed by atoms with E-state index in [1.807, 2.05) is 38.1 Å². The number of carbonyl (C=O) groups excluding carboxylic acids is 2. The van der Waals surface area contributed by atoms with Crippen molar-refractivity contribution in [2.45, 2.75) is 39.0 Å². The molecule has 3 aromatic rings. The molecule has 1 N–H and O–H groups in total. The summed E-state index contributed by atoms with van der Waals surface area (Å²) in [5.41, 5.74) is 3.43. The zero-order chi connectivity index (χ0) is 25.7. The van der Waals surface area contributed by atoms with Gasteiger partial charge in [-0.25, -0.2) is 9.18 Å². The number of ether oxygens (including phenoxy) is 3. The number of fused-ring (bicyclic) bond motifs is 1. The summed E-state index contributed by atoms with van der Waals surface area (Å²) in [4.78, 5) is 26.6. The third kappa shape index (κ3) is 5.17. The Morgan fingerprint density at radius 3 is 2.14 bits per heavy atom. The maximum Gasteiger partial charge on any atom is 0.338 e. The SMILES string of the molecule is CCOC(=O)c1cccc2c1C(=O)C(c1ccc(F)cc1)C(c1ccc(C(OCC)OCC)cc1)N2. The first kappa shape index (κ1) is 25.5. The van der Waals surface area contributed by atoms with Crippen LogP contribution in [-0.2, 0) is 14.2 Å². The Bertz CT molecular complexity index is 1200. The number of hydrogen-bond acceptors (Lipinski definition) is 6. The van der Waals surface area contributed by atoms with Gasteiger partial charge in [0.2, 0.25) is 0 Å². The van der Waals surface area contributed by atoms with Crippen LogP contribution in [0, 0.1) is 5.82 Å². The highest BCUT2D eigenvalue weighted by molar-refractivity contribution is 6.14. The lowest BCUT2D eigenvalue weighted by Gasteiger charge is -2.35. The molecule has 0 aliphatic carbocycles. The molecule has 2 unspecified atom stereocenters. The summed E-state index contributed by atoms with van der Waals surface area (Å²) in [5, 5.41) is 3.46. The van der Waals surface area contributed by atoms with Gasteiger partial charge < -0.3 is 19.5 Å². The normalized spacial score (nSPS) is 17.0. The van der Waals surface area contributed by atoms with Crippen molar-refractivity contribution in [3.8, 4) is 0 Å². The Labute approximate surface area is 210 Å². The highest BCUT2D eigenvalue weighted by Gasteiger charge is 2.39. The molecule has 0 saturated carbocycles. The standard InChI is InChI=1S/C29H30FNO5/c1-4-34-28(33)22-8-7-9-23-25(22)27(32)24(18-14-16-21(30)17-15-18)26(31-23)19-10-12-20(13-11-19)29(35-5-2)36-6-3/h7-17,24,26,29,31H,4-6H2,1-3H3. The van der Waals surface area contributed by atoms with Crippen LogP contribution in [0.5, 0.6) is 0 Å². The summed E-state index contributed by atoms with van der Waals surface area (Å²) in [7, 11) is 0. The van der Waals surface area contributed by atoms with Crippen molar-refractivity contribution in [1.29, 1.82) is 0 Å². The average Bonchev–Trinajstić information content (AvgIpc) is 2.89. The molecular formula is C29H30FNO5. The Morgan fingerprint density at radius 1 is 0.889 bits per heavy atom. The Balaban J connectivity index is 1.78. The summed E-state index contributed by atoms with van der Waals surface area (Å²) in [5.74, 6) is -1.85. The second kappa shape index (κ2) is 11.5. The molecule has 0 bridgehead atoms. The van der Waals surface area contributed by atoms with Crippen LogP contribution in [0.1, 0.15) is 76.4 Å². The molecule has 188 valence electrons. The maximum atomic E-state index is 14.0. The number of anilines is 1. The van der Waals surface area contributed by atoms with Gasteiger partial charge in [-0.15, -0.1) is 0 Å². The molecule has 1 aliphatic heterocycles. The van der Waals surface area contributed by atoms with Crippen molar-refractivity contribution in [3.05, 3.63) is 100 Å². The molecule has 4 rings (SSSR count). The van der Waals surface area contributed by atoms with Crippen LogP contribution in [0.3, 0.4) is 0 Å². The zero-order valence-corrected chi connectivity index (χ0v) is 20.6. The Hall–Kier alpha value is -3.55. The van der Waals surface area contributed by atoms with Crippen molar-refractivity contribution >= 4 is 17.4 Å². The topological polar surface area (TPSA) is 73.9 Å². The minimum atomic E-state index is -0.686. The van der Waals surface area contributed by atoms with Gasteiger partial charge in [0, 0.05) is 24.5 Å². The lowest BCUT2D eigenvalue weighted by Crippen LogP contribution is -2.33. The second-order valence-electron chi connectivity index (χ2n) is 8.37. The lowest BCUT2D eigenvalue weighted by molar-refractivity contribution is -0.140. The highest BCUT2D eigenvalue weighted by atomic mass is 19.1. The fourth-order valence-corrected chi connectivity index (χ4v) is 4.57. The van der Waals surface area contributed by atoms with Gasteiger partial charge in [0.15, 0.2) is 12.1 Å². The summed E-state index contributed by atoms with van der Waals surface area (Å²) >= 11 is 0. The van der Waals surface area contributed by atoms with Crippen LogP contribution >= 0.6 is 0 Å². The van der Waals surface area contributed by atoms with E-state index in [4.69, 9.17) is 14.2 Å². The Kier molecular flexibility index (Phi) is 8.13. The van der Waals surface area contributed by atoms with Gasteiger partial charge in [0.1, 0.15) is 5.82 Å². The van der Waals surface area contributed by atoms with Crippen molar-refractivity contribution < 1.29 is 28.2 Å². The molecule has 36 heavy (non-hydrogen) atoms. The van der Waals surface area contributed by atoms with Crippen molar-refractivity contribution in [3.63, 3.8) is 0 Å². The predicted molar refractivity (Wildman–Crippen MR) is 135 cm³/mol. The van der Waals surface area contributed by atoms with Crippen LogP contribution in [0.4, 0.5) is 10.1 Å². The average molecular weight is 492 g/mol. The van der Waals surface area contributed by atoms with E-state index in [1.165, 1.54) is 12.1 Å².